The summed E-state index contributed by atoms with van der Waals surface area (Å²) < 4.78 is 7.00. The van der Waals surface area contributed by atoms with Crippen molar-refractivity contribution in [3.05, 3.63) is 71.8 Å². The number of aryl methyl sites for hydroxylation is 1. The van der Waals surface area contributed by atoms with Crippen molar-refractivity contribution in [2.45, 2.75) is 17.7 Å². The zero-order valence-electron chi connectivity index (χ0n) is 14.6. The first-order valence-corrected chi connectivity index (χ1v) is 9.27. The number of benzene rings is 2. The molecule has 2 aromatic carbocycles. The lowest BCUT2D eigenvalue weighted by molar-refractivity contribution is 0.415. The van der Waals surface area contributed by atoms with E-state index in [1.165, 1.54) is 11.1 Å². The van der Waals surface area contributed by atoms with Gasteiger partial charge in [-0.05, 0) is 48.9 Å². The summed E-state index contributed by atoms with van der Waals surface area (Å²) in [6.45, 7) is 2.10. The number of hydrogen-bond acceptors (Lipinski definition) is 5. The van der Waals surface area contributed by atoms with Gasteiger partial charge in [-0.3, -0.25) is 0 Å². The minimum Gasteiger partial charge on any atom is -0.497 e. The van der Waals surface area contributed by atoms with E-state index in [-0.39, 0.29) is 0 Å². The Morgan fingerprint density at radius 1 is 0.923 bits per heavy atom. The quantitative estimate of drug-likeness (QED) is 0.493. The molecular formula is C20H18N4OS. The topological polar surface area (TPSA) is 52.3 Å². The molecule has 0 unspecified atom stereocenters. The van der Waals surface area contributed by atoms with E-state index in [0.717, 1.165) is 33.6 Å². The van der Waals surface area contributed by atoms with Gasteiger partial charge in [0.25, 0.3) is 0 Å². The average molecular weight is 362 g/mol. The molecule has 0 aliphatic heterocycles. The second-order valence-electron chi connectivity index (χ2n) is 5.97. The van der Waals surface area contributed by atoms with Gasteiger partial charge in [0.2, 0.25) is 0 Å². The molecule has 4 aromatic rings. The van der Waals surface area contributed by atoms with Gasteiger partial charge in [-0.25, -0.2) is 0 Å². The fraction of sp³-hybridized carbons (Fsp3) is 0.150. The Hall–Kier alpha value is -2.86. The highest BCUT2D eigenvalue weighted by atomic mass is 32.2. The molecule has 0 amide bonds. The molecule has 0 N–H and O–H groups in total. The highest BCUT2D eigenvalue weighted by Crippen LogP contribution is 2.24. The van der Waals surface area contributed by atoms with Gasteiger partial charge in [-0.2, -0.15) is 9.61 Å². The smallest absolute Gasteiger partial charge is 0.185 e. The molecule has 0 aliphatic rings. The van der Waals surface area contributed by atoms with E-state index in [1.807, 2.05) is 36.4 Å². The van der Waals surface area contributed by atoms with Crippen LogP contribution in [0.5, 0.6) is 5.75 Å². The Balaban J connectivity index is 1.60. The maximum Gasteiger partial charge on any atom is 0.185 e. The van der Waals surface area contributed by atoms with Gasteiger partial charge < -0.3 is 4.74 Å². The summed E-state index contributed by atoms with van der Waals surface area (Å²) in [5.41, 5.74) is 4.23. The van der Waals surface area contributed by atoms with Crippen molar-refractivity contribution in [2.24, 2.45) is 0 Å². The van der Waals surface area contributed by atoms with Gasteiger partial charge in [0.05, 0.1) is 7.11 Å². The number of methoxy groups -OCH3 is 1. The van der Waals surface area contributed by atoms with E-state index in [1.54, 1.807) is 23.4 Å². The number of thioether (sulfide) groups is 1. The first-order valence-electron chi connectivity index (χ1n) is 8.28. The van der Waals surface area contributed by atoms with Crippen molar-refractivity contribution in [1.82, 2.24) is 19.8 Å². The van der Waals surface area contributed by atoms with Crippen LogP contribution in [0.15, 0.2) is 65.7 Å². The van der Waals surface area contributed by atoms with Crippen molar-refractivity contribution in [1.29, 1.82) is 0 Å². The SMILES string of the molecule is COc1ccc(-c2nnc3ccc(SCc4ccc(C)cc4)nn23)cc1. The molecule has 0 radical (unpaired) electrons. The maximum absolute atomic E-state index is 5.21. The van der Waals surface area contributed by atoms with Crippen LogP contribution >= 0.6 is 11.8 Å². The van der Waals surface area contributed by atoms with Crippen LogP contribution in [0.4, 0.5) is 0 Å². The van der Waals surface area contributed by atoms with Crippen molar-refractivity contribution in [3.8, 4) is 17.1 Å². The Labute approximate surface area is 156 Å². The third kappa shape index (κ3) is 3.41. The van der Waals surface area contributed by atoms with Crippen molar-refractivity contribution in [3.63, 3.8) is 0 Å². The molecule has 0 bridgehead atoms. The molecule has 5 nitrogen and oxygen atoms in total. The Kier molecular flexibility index (Phi) is 4.58. The van der Waals surface area contributed by atoms with Crippen LogP contribution in [0.25, 0.3) is 17.0 Å². The van der Waals surface area contributed by atoms with E-state index in [9.17, 15) is 0 Å². The largest absolute Gasteiger partial charge is 0.497 e. The van der Waals surface area contributed by atoms with Crippen molar-refractivity contribution < 1.29 is 4.74 Å². The van der Waals surface area contributed by atoms with Crippen LogP contribution in [-0.2, 0) is 5.75 Å². The standard InChI is InChI=1S/C20H18N4OS/c1-14-3-5-15(6-4-14)13-26-19-12-11-18-21-22-20(24(18)23-19)16-7-9-17(25-2)10-8-16/h3-12H,13H2,1-2H3. The van der Waals surface area contributed by atoms with Crippen LogP contribution in [0, 0.1) is 6.92 Å². The summed E-state index contributed by atoms with van der Waals surface area (Å²) in [5.74, 6) is 2.41. The monoisotopic (exact) mass is 362 g/mol. The molecule has 0 spiro atoms. The van der Waals surface area contributed by atoms with E-state index in [0.29, 0.717) is 0 Å². The third-order valence-electron chi connectivity index (χ3n) is 4.09. The van der Waals surface area contributed by atoms with Crippen LogP contribution in [0.3, 0.4) is 0 Å². The summed E-state index contributed by atoms with van der Waals surface area (Å²) in [6.07, 6.45) is 0. The van der Waals surface area contributed by atoms with Gasteiger partial charge >= 0.3 is 0 Å². The first-order chi connectivity index (χ1) is 12.7. The van der Waals surface area contributed by atoms with E-state index in [4.69, 9.17) is 9.84 Å². The zero-order valence-corrected chi connectivity index (χ0v) is 15.4. The van der Waals surface area contributed by atoms with Gasteiger partial charge in [0.15, 0.2) is 11.5 Å². The molecule has 0 saturated heterocycles. The molecule has 130 valence electrons. The van der Waals surface area contributed by atoms with Crippen LogP contribution in [-0.4, -0.2) is 26.9 Å². The first kappa shape index (κ1) is 16.6. The van der Waals surface area contributed by atoms with Gasteiger partial charge in [-0.1, -0.05) is 41.6 Å². The highest BCUT2D eigenvalue weighted by Gasteiger charge is 2.10. The molecule has 26 heavy (non-hydrogen) atoms. The summed E-state index contributed by atoms with van der Waals surface area (Å²) in [6, 6.07) is 20.3. The third-order valence-corrected chi connectivity index (χ3v) is 5.09. The van der Waals surface area contributed by atoms with Crippen molar-refractivity contribution >= 4 is 17.4 Å². The van der Waals surface area contributed by atoms with Crippen LogP contribution in [0.1, 0.15) is 11.1 Å². The molecule has 2 heterocycles. The molecule has 0 aliphatic carbocycles. The number of hydrogen-bond donors (Lipinski definition) is 0. The minimum absolute atomic E-state index is 0.723. The van der Waals surface area contributed by atoms with Crippen molar-refractivity contribution in [2.75, 3.05) is 7.11 Å². The fourth-order valence-corrected chi connectivity index (χ4v) is 3.42. The average Bonchev–Trinajstić information content (AvgIpc) is 3.11. The maximum atomic E-state index is 5.21. The van der Waals surface area contributed by atoms with Crippen LogP contribution in [0.2, 0.25) is 0 Å². The molecule has 4 rings (SSSR count). The molecule has 0 fully saturated rings. The normalized spacial score (nSPS) is 11.0. The van der Waals surface area contributed by atoms with E-state index in [2.05, 4.69) is 41.4 Å². The van der Waals surface area contributed by atoms with Gasteiger partial charge in [0.1, 0.15) is 10.8 Å². The predicted octanol–water partition coefficient (Wildman–Crippen LogP) is 4.40. The number of aromatic nitrogens is 4. The summed E-state index contributed by atoms with van der Waals surface area (Å²) in [5, 5.41) is 14.2. The highest BCUT2D eigenvalue weighted by molar-refractivity contribution is 7.98. The summed E-state index contributed by atoms with van der Waals surface area (Å²) in [7, 11) is 1.65. The number of ether oxygens (including phenoxy) is 1. The minimum atomic E-state index is 0.723. The van der Waals surface area contributed by atoms with E-state index >= 15 is 0 Å². The number of nitrogens with zero attached hydrogens (tertiary/aromatic N) is 4. The number of rotatable bonds is 5. The number of fused-ring (bicyclic) bond motifs is 1. The van der Waals surface area contributed by atoms with Crippen LogP contribution < -0.4 is 4.74 Å². The zero-order chi connectivity index (χ0) is 17.9. The van der Waals surface area contributed by atoms with Gasteiger partial charge in [0, 0.05) is 11.3 Å². The Morgan fingerprint density at radius 3 is 2.42 bits per heavy atom. The molecule has 0 saturated carbocycles. The molecule has 0 atom stereocenters. The van der Waals surface area contributed by atoms with E-state index < -0.39 is 0 Å². The fourth-order valence-electron chi connectivity index (χ4n) is 2.61. The predicted molar refractivity (Wildman–Crippen MR) is 104 cm³/mol. The van der Waals surface area contributed by atoms with Gasteiger partial charge in [-0.15, -0.1) is 10.2 Å². The second-order valence-corrected chi connectivity index (χ2v) is 6.96. The Morgan fingerprint density at radius 2 is 1.69 bits per heavy atom. The second kappa shape index (κ2) is 7.17. The summed E-state index contributed by atoms with van der Waals surface area (Å²) >= 11 is 1.70. The lowest BCUT2D eigenvalue weighted by Gasteiger charge is -2.04. The lowest BCUT2D eigenvalue weighted by atomic mass is 10.2. The summed E-state index contributed by atoms with van der Waals surface area (Å²) in [4.78, 5) is 0. The molecular weight excluding hydrogens is 344 g/mol. The lowest BCUT2D eigenvalue weighted by Crippen LogP contribution is -1.96. The molecule has 6 heteroatoms. The molecule has 2 aromatic heterocycles. The Bertz CT molecular complexity index is 1030.